The van der Waals surface area contributed by atoms with E-state index in [9.17, 15) is 14.8 Å². The molecule has 0 bridgehead atoms. The highest BCUT2D eigenvalue weighted by molar-refractivity contribution is 6.12. The molecule has 1 aliphatic heterocycles. The average Bonchev–Trinajstić information content (AvgIpc) is 3.24. The lowest BCUT2D eigenvalue weighted by molar-refractivity contribution is -0.121. The molecule has 4 rings (SSSR count). The number of nitrogens with one attached hydrogen (secondary N) is 1. The van der Waals surface area contributed by atoms with Crippen molar-refractivity contribution in [3.05, 3.63) is 77.0 Å². The Morgan fingerprint density at radius 1 is 1.09 bits per heavy atom. The molecule has 8 nitrogen and oxygen atoms in total. The highest BCUT2D eigenvalue weighted by Gasteiger charge is 2.32. The van der Waals surface area contributed by atoms with Crippen LogP contribution in [-0.2, 0) is 11.8 Å². The van der Waals surface area contributed by atoms with Crippen LogP contribution in [0.3, 0.4) is 0 Å². The lowest BCUT2D eigenvalue weighted by atomic mass is 9.83. The van der Waals surface area contributed by atoms with Crippen LogP contribution in [0.25, 0.3) is 0 Å². The van der Waals surface area contributed by atoms with E-state index in [4.69, 9.17) is 0 Å². The Bertz CT molecular complexity index is 1120. The molecule has 2 aliphatic carbocycles. The zero-order valence-corrected chi connectivity index (χ0v) is 19.9. The van der Waals surface area contributed by atoms with E-state index >= 15 is 0 Å². The lowest BCUT2D eigenvalue weighted by Gasteiger charge is -2.28. The molecule has 2 amide bonds. The topological polar surface area (TPSA) is 99.8 Å². The van der Waals surface area contributed by atoms with Gasteiger partial charge in [0.2, 0.25) is 0 Å². The number of aryl methyl sites for hydroxylation is 1. The molecule has 0 aromatic carbocycles. The van der Waals surface area contributed by atoms with Crippen molar-refractivity contribution in [2.45, 2.75) is 52.0 Å². The molecule has 0 saturated heterocycles. The van der Waals surface area contributed by atoms with Gasteiger partial charge in [-0.15, -0.1) is 0 Å². The van der Waals surface area contributed by atoms with E-state index in [1.807, 2.05) is 38.2 Å². The summed E-state index contributed by atoms with van der Waals surface area (Å²) in [5.74, 6) is -0.574. The first-order chi connectivity index (χ1) is 16.3. The second kappa shape index (κ2) is 10.2. The van der Waals surface area contributed by atoms with E-state index in [0.717, 1.165) is 59.5 Å². The predicted molar refractivity (Wildman–Crippen MR) is 130 cm³/mol. The number of rotatable bonds is 4. The summed E-state index contributed by atoms with van der Waals surface area (Å²) in [4.78, 5) is 30.5. The summed E-state index contributed by atoms with van der Waals surface area (Å²) in [6.45, 7) is 3.88. The van der Waals surface area contributed by atoms with Crippen LogP contribution in [0.2, 0.25) is 0 Å². The SMILES string of the molecule is CC1=CN(O)C=C(C)C1=C1C=CC(=NC(=O)[C@@H](NC(=O)c2ccnn2C)C2CCCCC2)C=C1. The third-order valence-corrected chi connectivity index (χ3v) is 6.56. The quantitative estimate of drug-likeness (QED) is 0.706. The van der Waals surface area contributed by atoms with Crippen molar-refractivity contribution in [1.29, 1.82) is 0 Å². The molecule has 0 radical (unpaired) electrons. The molecule has 0 unspecified atom stereocenters. The molecular formula is C26H31N5O3. The Morgan fingerprint density at radius 2 is 1.74 bits per heavy atom. The van der Waals surface area contributed by atoms with Gasteiger partial charge in [0.05, 0.1) is 5.71 Å². The maximum atomic E-state index is 13.3. The van der Waals surface area contributed by atoms with Crippen LogP contribution in [-0.4, -0.2) is 43.6 Å². The molecule has 8 heteroatoms. The van der Waals surface area contributed by atoms with Gasteiger partial charge in [-0.25, -0.2) is 10.1 Å². The Hall–Kier alpha value is -3.52. The highest BCUT2D eigenvalue weighted by atomic mass is 16.5. The van der Waals surface area contributed by atoms with Gasteiger partial charge in [-0.3, -0.25) is 19.5 Å². The Kier molecular flexibility index (Phi) is 7.07. The van der Waals surface area contributed by atoms with Gasteiger partial charge in [-0.2, -0.15) is 5.10 Å². The van der Waals surface area contributed by atoms with Crippen LogP contribution >= 0.6 is 0 Å². The maximum absolute atomic E-state index is 13.3. The fourth-order valence-corrected chi connectivity index (χ4v) is 4.89. The van der Waals surface area contributed by atoms with Gasteiger partial charge in [-0.05, 0) is 73.1 Å². The monoisotopic (exact) mass is 461 g/mol. The first-order valence-corrected chi connectivity index (χ1v) is 11.7. The number of allylic oxidation sites excluding steroid dienone is 8. The maximum Gasteiger partial charge on any atom is 0.270 e. The van der Waals surface area contributed by atoms with Gasteiger partial charge >= 0.3 is 0 Å². The standard InChI is InChI=1S/C26H31N5O3/c1-17-15-31(34)16-18(2)23(17)19-9-11-21(12-10-19)28-26(33)24(20-7-5-4-6-8-20)29-25(32)22-13-14-27-30(22)3/h9-16,20,24,34H,4-8H2,1-3H3,(H,29,32)/t24-/m0/s1. The van der Waals surface area contributed by atoms with Gasteiger partial charge in [0, 0.05) is 25.6 Å². The van der Waals surface area contributed by atoms with Crippen molar-refractivity contribution in [3.63, 3.8) is 0 Å². The molecule has 1 aromatic heterocycles. The molecule has 2 N–H and O–H groups in total. The van der Waals surface area contributed by atoms with Crippen LogP contribution in [0.5, 0.6) is 0 Å². The number of nitrogens with zero attached hydrogens (tertiary/aromatic N) is 4. The predicted octanol–water partition coefficient (Wildman–Crippen LogP) is 4.00. The molecule has 178 valence electrons. The van der Waals surface area contributed by atoms with Gasteiger partial charge in [0.25, 0.3) is 11.8 Å². The number of hydroxylamine groups is 2. The third-order valence-electron chi connectivity index (χ3n) is 6.56. The number of hydrogen-bond donors (Lipinski definition) is 2. The number of amides is 2. The largest absolute Gasteiger partial charge is 0.339 e. The van der Waals surface area contributed by atoms with E-state index in [1.165, 1.54) is 4.68 Å². The van der Waals surface area contributed by atoms with E-state index in [0.29, 0.717) is 11.4 Å². The van der Waals surface area contributed by atoms with Crippen molar-refractivity contribution in [2.75, 3.05) is 0 Å². The molecule has 1 aromatic rings. The minimum absolute atomic E-state index is 0.0706. The molecule has 1 atom stereocenters. The van der Waals surface area contributed by atoms with Gasteiger partial charge in [0.15, 0.2) is 0 Å². The molecule has 34 heavy (non-hydrogen) atoms. The van der Waals surface area contributed by atoms with Gasteiger partial charge in [-0.1, -0.05) is 31.4 Å². The summed E-state index contributed by atoms with van der Waals surface area (Å²) in [6.07, 6.45) is 17.4. The van der Waals surface area contributed by atoms with Crippen molar-refractivity contribution in [2.24, 2.45) is 18.0 Å². The normalized spacial score (nSPS) is 19.6. The van der Waals surface area contributed by atoms with E-state index in [2.05, 4.69) is 15.4 Å². The van der Waals surface area contributed by atoms with E-state index in [1.54, 1.807) is 31.7 Å². The first-order valence-electron chi connectivity index (χ1n) is 11.7. The second-order valence-corrected chi connectivity index (χ2v) is 9.07. The molecular weight excluding hydrogens is 430 g/mol. The summed E-state index contributed by atoms with van der Waals surface area (Å²) in [5, 5.41) is 17.8. The minimum Gasteiger partial charge on any atom is -0.339 e. The number of carbonyl (C=O) groups is 2. The van der Waals surface area contributed by atoms with Crippen molar-refractivity contribution >= 4 is 17.5 Å². The summed E-state index contributed by atoms with van der Waals surface area (Å²) in [6, 6.07) is 0.973. The zero-order chi connectivity index (χ0) is 24.2. The summed E-state index contributed by atoms with van der Waals surface area (Å²) in [7, 11) is 1.70. The third kappa shape index (κ3) is 5.17. The molecule has 3 aliphatic rings. The van der Waals surface area contributed by atoms with Crippen molar-refractivity contribution in [3.8, 4) is 0 Å². The summed E-state index contributed by atoms with van der Waals surface area (Å²) >= 11 is 0. The number of carbonyl (C=O) groups excluding carboxylic acids is 2. The number of aromatic nitrogens is 2. The molecule has 1 fully saturated rings. The van der Waals surface area contributed by atoms with Crippen LogP contribution in [0.4, 0.5) is 0 Å². The van der Waals surface area contributed by atoms with Gasteiger partial charge in [0.1, 0.15) is 11.7 Å². The van der Waals surface area contributed by atoms with E-state index in [-0.39, 0.29) is 17.7 Å². The highest BCUT2D eigenvalue weighted by Crippen LogP contribution is 2.30. The van der Waals surface area contributed by atoms with Crippen molar-refractivity contribution in [1.82, 2.24) is 20.2 Å². The molecule has 2 heterocycles. The Morgan fingerprint density at radius 3 is 2.32 bits per heavy atom. The Balaban J connectivity index is 1.54. The fourth-order valence-electron chi connectivity index (χ4n) is 4.89. The smallest absolute Gasteiger partial charge is 0.270 e. The Labute approximate surface area is 199 Å². The van der Waals surface area contributed by atoms with E-state index < -0.39 is 6.04 Å². The van der Waals surface area contributed by atoms with Crippen molar-refractivity contribution < 1.29 is 14.8 Å². The first kappa shape index (κ1) is 23.6. The summed E-state index contributed by atoms with van der Waals surface area (Å²) in [5.41, 5.74) is 4.86. The van der Waals surface area contributed by atoms with Crippen LogP contribution in [0.1, 0.15) is 56.4 Å². The molecule has 1 saturated carbocycles. The minimum atomic E-state index is -0.666. The fraction of sp³-hybridized carbons (Fsp3) is 0.385. The zero-order valence-electron chi connectivity index (χ0n) is 19.9. The lowest BCUT2D eigenvalue weighted by Crippen LogP contribution is -2.46. The molecule has 0 spiro atoms. The number of hydrogen-bond acceptors (Lipinski definition) is 5. The van der Waals surface area contributed by atoms with Crippen LogP contribution < -0.4 is 5.32 Å². The second-order valence-electron chi connectivity index (χ2n) is 9.07. The summed E-state index contributed by atoms with van der Waals surface area (Å²) < 4.78 is 1.50. The number of aliphatic imine (C=N–C) groups is 1. The average molecular weight is 462 g/mol. The van der Waals surface area contributed by atoms with Gasteiger partial charge < -0.3 is 5.32 Å². The van der Waals surface area contributed by atoms with Crippen LogP contribution in [0.15, 0.2) is 76.3 Å². The van der Waals surface area contributed by atoms with Crippen LogP contribution in [0, 0.1) is 5.92 Å².